The van der Waals surface area contributed by atoms with Crippen molar-refractivity contribution in [3.8, 4) is 11.8 Å². The van der Waals surface area contributed by atoms with Crippen molar-refractivity contribution in [2.45, 2.75) is 19.9 Å². The van der Waals surface area contributed by atoms with E-state index >= 15 is 0 Å². The summed E-state index contributed by atoms with van der Waals surface area (Å²) in [5, 5.41) is 8.11. The Morgan fingerprint density at radius 3 is 2.43 bits per heavy atom. The van der Waals surface area contributed by atoms with Crippen molar-refractivity contribution in [3.63, 3.8) is 0 Å². The van der Waals surface area contributed by atoms with E-state index in [1.165, 1.54) is 0 Å². The van der Waals surface area contributed by atoms with Gasteiger partial charge in [0.25, 0.3) is 0 Å². The van der Waals surface area contributed by atoms with Crippen LogP contribution in [0.2, 0.25) is 0 Å². The smallest absolute Gasteiger partial charge is 0.0897 e. The van der Waals surface area contributed by atoms with E-state index in [0.29, 0.717) is 0 Å². The van der Waals surface area contributed by atoms with Gasteiger partial charge in [-0.2, -0.15) is 5.48 Å². The van der Waals surface area contributed by atoms with E-state index in [4.69, 9.17) is 5.21 Å². The molecule has 0 bridgehead atoms. The van der Waals surface area contributed by atoms with E-state index < -0.39 is 0 Å². The van der Waals surface area contributed by atoms with Crippen molar-refractivity contribution in [2.75, 3.05) is 0 Å². The van der Waals surface area contributed by atoms with Gasteiger partial charge in [0, 0.05) is 0 Å². The Bertz CT molecular complexity index is 90.0. The van der Waals surface area contributed by atoms with E-state index in [1.807, 2.05) is 5.48 Å². The first kappa shape index (κ1) is 6.48. The minimum absolute atomic E-state index is 0.106. The van der Waals surface area contributed by atoms with Crippen LogP contribution in [0.3, 0.4) is 0 Å². The lowest BCUT2D eigenvalue weighted by molar-refractivity contribution is 0.152. The highest BCUT2D eigenvalue weighted by Crippen LogP contribution is 1.70. The van der Waals surface area contributed by atoms with Crippen LogP contribution < -0.4 is 5.48 Å². The van der Waals surface area contributed by atoms with Crippen LogP contribution in [0, 0.1) is 11.8 Å². The monoisotopic (exact) mass is 99.1 g/mol. The van der Waals surface area contributed by atoms with Gasteiger partial charge in [-0.25, -0.2) is 0 Å². The molecule has 0 aliphatic heterocycles. The molecular formula is C5H9NO. The van der Waals surface area contributed by atoms with Gasteiger partial charge in [-0.3, -0.25) is 0 Å². The van der Waals surface area contributed by atoms with E-state index in [0.717, 1.165) is 0 Å². The second kappa shape index (κ2) is 3.66. The Kier molecular flexibility index (Phi) is 3.39. The number of hydrogen-bond acceptors (Lipinski definition) is 2. The highest BCUT2D eigenvalue weighted by molar-refractivity contribution is 5.02. The van der Waals surface area contributed by atoms with Gasteiger partial charge in [0.15, 0.2) is 0 Å². The average molecular weight is 99.1 g/mol. The molecule has 0 saturated carbocycles. The molecule has 2 nitrogen and oxygen atoms in total. The molecule has 1 atom stereocenters. The summed E-state index contributed by atoms with van der Waals surface area (Å²) >= 11 is 0. The molecule has 0 fully saturated rings. The SMILES string of the molecule is CC#CC(C)NO. The van der Waals surface area contributed by atoms with Crippen molar-refractivity contribution in [3.05, 3.63) is 0 Å². The van der Waals surface area contributed by atoms with Crippen molar-refractivity contribution in [1.82, 2.24) is 5.48 Å². The molecule has 0 aromatic heterocycles. The summed E-state index contributed by atoms with van der Waals surface area (Å²) in [7, 11) is 0. The summed E-state index contributed by atoms with van der Waals surface area (Å²) in [5.41, 5.74) is 1.99. The molecule has 0 aliphatic rings. The largest absolute Gasteiger partial charge is 0.316 e. The lowest BCUT2D eigenvalue weighted by Crippen LogP contribution is -2.19. The zero-order valence-corrected chi connectivity index (χ0v) is 4.52. The summed E-state index contributed by atoms with van der Waals surface area (Å²) in [4.78, 5) is 0. The minimum atomic E-state index is -0.106. The molecule has 1 unspecified atom stereocenters. The Hall–Kier alpha value is -0.520. The molecule has 0 amide bonds. The van der Waals surface area contributed by atoms with Crippen molar-refractivity contribution in [2.24, 2.45) is 0 Å². The summed E-state index contributed by atoms with van der Waals surface area (Å²) < 4.78 is 0. The molecule has 40 valence electrons. The maximum absolute atomic E-state index is 8.11. The lowest BCUT2D eigenvalue weighted by atomic mass is 10.4. The summed E-state index contributed by atoms with van der Waals surface area (Å²) in [6.45, 7) is 3.50. The first-order chi connectivity index (χ1) is 3.31. The molecular weight excluding hydrogens is 90.1 g/mol. The van der Waals surface area contributed by atoms with Gasteiger partial charge in [-0.1, -0.05) is 5.92 Å². The average Bonchev–Trinajstić information content (AvgIpc) is 1.68. The highest BCUT2D eigenvalue weighted by atomic mass is 16.5. The number of hydrogen-bond donors (Lipinski definition) is 2. The fourth-order valence-corrected chi connectivity index (χ4v) is 0.249. The van der Waals surface area contributed by atoms with Crippen molar-refractivity contribution >= 4 is 0 Å². The predicted octanol–water partition coefficient (Wildman–Crippen LogP) is 0.377. The standard InChI is InChI=1S/C5H9NO/c1-3-4-5(2)6-7/h5-7H,1-2H3. The molecule has 0 aliphatic carbocycles. The number of hydroxylamine groups is 1. The van der Waals surface area contributed by atoms with E-state index in [-0.39, 0.29) is 6.04 Å². The Balaban J connectivity index is 3.29. The van der Waals surface area contributed by atoms with Crippen LogP contribution in [0.25, 0.3) is 0 Å². The van der Waals surface area contributed by atoms with Gasteiger partial charge in [0.05, 0.1) is 6.04 Å². The van der Waals surface area contributed by atoms with Crippen LogP contribution in [0.1, 0.15) is 13.8 Å². The normalized spacial score (nSPS) is 11.9. The van der Waals surface area contributed by atoms with Crippen molar-refractivity contribution in [1.29, 1.82) is 0 Å². The Morgan fingerprint density at radius 2 is 2.29 bits per heavy atom. The van der Waals surface area contributed by atoms with Crippen molar-refractivity contribution < 1.29 is 5.21 Å². The second-order valence-electron chi connectivity index (χ2n) is 1.25. The molecule has 0 spiro atoms. The van der Waals surface area contributed by atoms with Crippen LogP contribution in [-0.4, -0.2) is 11.2 Å². The number of nitrogens with one attached hydrogen (secondary N) is 1. The van der Waals surface area contributed by atoms with Crippen LogP contribution in [0.4, 0.5) is 0 Å². The topological polar surface area (TPSA) is 32.3 Å². The Morgan fingerprint density at radius 1 is 1.71 bits per heavy atom. The molecule has 7 heavy (non-hydrogen) atoms. The maximum Gasteiger partial charge on any atom is 0.0897 e. The maximum atomic E-state index is 8.11. The molecule has 0 aromatic carbocycles. The molecule has 2 N–H and O–H groups in total. The molecule has 2 heteroatoms. The third-order valence-electron chi connectivity index (χ3n) is 0.554. The molecule has 0 aromatic rings. The second-order valence-corrected chi connectivity index (χ2v) is 1.25. The highest BCUT2D eigenvalue weighted by Gasteiger charge is 1.85. The van der Waals surface area contributed by atoms with E-state index in [9.17, 15) is 0 Å². The fourth-order valence-electron chi connectivity index (χ4n) is 0.249. The molecule has 0 rings (SSSR count). The van der Waals surface area contributed by atoms with Crippen LogP contribution >= 0.6 is 0 Å². The lowest BCUT2D eigenvalue weighted by Gasteiger charge is -1.94. The zero-order chi connectivity index (χ0) is 5.70. The van der Waals surface area contributed by atoms with Gasteiger partial charge in [0.1, 0.15) is 0 Å². The summed E-state index contributed by atoms with van der Waals surface area (Å²) in [6.07, 6.45) is 0. The minimum Gasteiger partial charge on any atom is -0.316 e. The third-order valence-corrected chi connectivity index (χ3v) is 0.554. The Labute approximate surface area is 43.5 Å². The van der Waals surface area contributed by atoms with Gasteiger partial charge in [-0.15, -0.1) is 5.92 Å². The van der Waals surface area contributed by atoms with Crippen LogP contribution in [-0.2, 0) is 0 Å². The quantitative estimate of drug-likeness (QED) is 0.368. The van der Waals surface area contributed by atoms with E-state index in [2.05, 4.69) is 11.8 Å². The third kappa shape index (κ3) is 3.31. The fraction of sp³-hybridized carbons (Fsp3) is 0.600. The molecule has 0 saturated heterocycles. The van der Waals surface area contributed by atoms with Gasteiger partial charge < -0.3 is 5.21 Å². The first-order valence-electron chi connectivity index (χ1n) is 2.13. The first-order valence-corrected chi connectivity index (χ1v) is 2.13. The van der Waals surface area contributed by atoms with Gasteiger partial charge in [0.2, 0.25) is 0 Å². The van der Waals surface area contributed by atoms with E-state index in [1.54, 1.807) is 13.8 Å². The van der Waals surface area contributed by atoms with Gasteiger partial charge in [-0.05, 0) is 13.8 Å². The van der Waals surface area contributed by atoms with Crippen LogP contribution in [0.15, 0.2) is 0 Å². The molecule has 0 heterocycles. The predicted molar refractivity (Wildman–Crippen MR) is 27.8 cm³/mol. The molecule has 0 radical (unpaired) electrons. The summed E-state index contributed by atoms with van der Waals surface area (Å²) in [6, 6.07) is -0.106. The number of rotatable bonds is 1. The summed E-state index contributed by atoms with van der Waals surface area (Å²) in [5.74, 6) is 5.33. The van der Waals surface area contributed by atoms with Gasteiger partial charge >= 0.3 is 0 Å². The van der Waals surface area contributed by atoms with Crippen LogP contribution in [0.5, 0.6) is 0 Å². The zero-order valence-electron chi connectivity index (χ0n) is 4.52.